The van der Waals surface area contributed by atoms with Crippen molar-refractivity contribution in [3.05, 3.63) is 22.8 Å². The lowest BCUT2D eigenvalue weighted by molar-refractivity contribution is 0.436. The summed E-state index contributed by atoms with van der Waals surface area (Å²) >= 11 is 0. The maximum absolute atomic E-state index is 12.1. The summed E-state index contributed by atoms with van der Waals surface area (Å²) in [4.78, 5) is -0.239. The molecule has 1 fully saturated rings. The van der Waals surface area contributed by atoms with Crippen molar-refractivity contribution in [1.29, 1.82) is 0 Å². The van der Waals surface area contributed by atoms with Crippen LogP contribution in [-0.2, 0) is 20.0 Å². The fourth-order valence-corrected chi connectivity index (χ4v) is 5.54. The lowest BCUT2D eigenvalue weighted by Gasteiger charge is -2.27. The number of primary sulfonamides is 2. The van der Waals surface area contributed by atoms with E-state index in [0.717, 1.165) is 32.1 Å². The first-order valence-corrected chi connectivity index (χ1v) is 10.3. The maximum atomic E-state index is 12.1. The zero-order valence-corrected chi connectivity index (χ0v) is 14.4. The Balaban J connectivity index is 2.81. The largest absolute Gasteiger partial charge is 0.238 e. The molecule has 0 radical (unpaired) electrons. The summed E-state index contributed by atoms with van der Waals surface area (Å²) in [5, 5.41) is 10.6. The van der Waals surface area contributed by atoms with E-state index in [9.17, 15) is 16.8 Å². The topological polar surface area (TPSA) is 120 Å². The van der Waals surface area contributed by atoms with E-state index in [-0.39, 0.29) is 21.3 Å². The van der Waals surface area contributed by atoms with Crippen molar-refractivity contribution in [2.24, 2.45) is 10.3 Å². The molecule has 0 bridgehead atoms. The Hall–Kier alpha value is -0.960. The molecule has 0 atom stereocenters. The Bertz CT molecular complexity index is 793. The Labute approximate surface area is 132 Å². The maximum Gasteiger partial charge on any atom is 0.238 e. The van der Waals surface area contributed by atoms with E-state index in [1.807, 2.05) is 0 Å². The molecule has 4 N–H and O–H groups in total. The quantitative estimate of drug-likeness (QED) is 0.864. The van der Waals surface area contributed by atoms with E-state index < -0.39 is 20.0 Å². The van der Waals surface area contributed by atoms with Gasteiger partial charge in [0.15, 0.2) is 0 Å². The number of aryl methyl sites for hydroxylation is 1. The molecule has 6 nitrogen and oxygen atoms in total. The Morgan fingerprint density at radius 2 is 1.50 bits per heavy atom. The first-order chi connectivity index (χ1) is 10.0. The van der Waals surface area contributed by atoms with Gasteiger partial charge in [-0.25, -0.2) is 27.1 Å². The van der Waals surface area contributed by atoms with Crippen LogP contribution in [0.2, 0.25) is 0 Å². The van der Waals surface area contributed by atoms with Gasteiger partial charge in [-0.2, -0.15) is 0 Å². The van der Waals surface area contributed by atoms with Gasteiger partial charge < -0.3 is 0 Å². The third-order valence-electron chi connectivity index (χ3n) is 4.33. The third kappa shape index (κ3) is 3.34. The molecule has 0 amide bonds. The zero-order chi connectivity index (χ0) is 16.7. The number of benzene rings is 1. The highest BCUT2D eigenvalue weighted by atomic mass is 32.2. The van der Waals surface area contributed by atoms with Crippen LogP contribution in [0.1, 0.15) is 54.7 Å². The summed E-state index contributed by atoms with van der Waals surface area (Å²) in [5.74, 6) is 0.0929. The van der Waals surface area contributed by atoms with E-state index in [4.69, 9.17) is 10.3 Å². The molecule has 1 saturated carbocycles. The fourth-order valence-electron chi connectivity index (χ4n) is 3.44. The first kappa shape index (κ1) is 17.4. The van der Waals surface area contributed by atoms with Crippen LogP contribution in [0.3, 0.4) is 0 Å². The number of rotatable bonds is 3. The van der Waals surface area contributed by atoms with Crippen LogP contribution >= 0.6 is 0 Å². The molecule has 0 aliphatic heterocycles. The molecule has 1 aliphatic carbocycles. The highest BCUT2D eigenvalue weighted by molar-refractivity contribution is 7.90. The van der Waals surface area contributed by atoms with Gasteiger partial charge in [0.05, 0.1) is 9.79 Å². The van der Waals surface area contributed by atoms with Crippen LogP contribution in [-0.4, -0.2) is 16.8 Å². The van der Waals surface area contributed by atoms with E-state index in [1.54, 1.807) is 6.92 Å². The third-order valence-corrected chi connectivity index (χ3v) is 6.46. The minimum Gasteiger partial charge on any atom is -0.225 e. The summed E-state index contributed by atoms with van der Waals surface area (Å²) in [5.41, 5.74) is 1.40. The van der Waals surface area contributed by atoms with Gasteiger partial charge in [-0.05, 0) is 55.4 Å². The molecular formula is C14H22N2O4S2. The van der Waals surface area contributed by atoms with Gasteiger partial charge in [-0.15, -0.1) is 0 Å². The molecule has 2 rings (SSSR count). The summed E-state index contributed by atoms with van der Waals surface area (Å²) in [6.45, 7) is 3.16. The summed E-state index contributed by atoms with van der Waals surface area (Å²) in [6.07, 6.45) is 4.97. The molecule has 124 valence electrons. The minimum atomic E-state index is -4.04. The van der Waals surface area contributed by atoms with E-state index in [2.05, 4.69) is 0 Å². The lowest BCUT2D eigenvalue weighted by Crippen LogP contribution is -2.23. The predicted molar refractivity (Wildman–Crippen MR) is 84.5 cm³/mol. The van der Waals surface area contributed by atoms with Gasteiger partial charge in [0, 0.05) is 0 Å². The van der Waals surface area contributed by atoms with Crippen LogP contribution in [0.25, 0.3) is 0 Å². The Kier molecular flexibility index (Phi) is 4.68. The van der Waals surface area contributed by atoms with Crippen LogP contribution < -0.4 is 10.3 Å². The number of nitrogens with two attached hydrogens (primary N) is 2. The normalized spacial score (nSPS) is 17.6. The highest BCUT2D eigenvalue weighted by Gasteiger charge is 2.30. The van der Waals surface area contributed by atoms with Gasteiger partial charge in [0.2, 0.25) is 20.0 Å². The average Bonchev–Trinajstić information content (AvgIpc) is 2.39. The van der Waals surface area contributed by atoms with Gasteiger partial charge >= 0.3 is 0 Å². The molecule has 8 heteroatoms. The van der Waals surface area contributed by atoms with Gasteiger partial charge in [0.1, 0.15) is 0 Å². The smallest absolute Gasteiger partial charge is 0.225 e. The number of hydrogen-bond acceptors (Lipinski definition) is 4. The molecule has 1 aromatic rings. The van der Waals surface area contributed by atoms with Crippen molar-refractivity contribution in [3.8, 4) is 0 Å². The predicted octanol–water partition coefficient (Wildman–Crippen LogP) is 1.65. The Morgan fingerprint density at radius 3 is 1.95 bits per heavy atom. The zero-order valence-electron chi connectivity index (χ0n) is 12.8. The monoisotopic (exact) mass is 346 g/mol. The van der Waals surface area contributed by atoms with Crippen molar-refractivity contribution >= 4 is 20.0 Å². The molecule has 0 spiro atoms. The first-order valence-electron chi connectivity index (χ1n) is 7.23. The standard InChI is InChI=1S/C14H22N2O4S2/c1-9-8-12(21(15,17)18)10(2)14(22(16,19)20)13(9)11-6-4-3-5-7-11/h8,11H,3-7H2,1-2H3,(H2,15,17,18)(H2,16,19,20). The number of hydrogen-bond donors (Lipinski definition) is 2. The molecule has 1 aromatic carbocycles. The van der Waals surface area contributed by atoms with Crippen LogP contribution in [0.5, 0.6) is 0 Å². The van der Waals surface area contributed by atoms with Crippen molar-refractivity contribution < 1.29 is 16.8 Å². The minimum absolute atomic E-state index is 0.0663. The van der Waals surface area contributed by atoms with Crippen LogP contribution in [0, 0.1) is 13.8 Å². The highest BCUT2D eigenvalue weighted by Crippen LogP contribution is 2.40. The summed E-state index contributed by atoms with van der Waals surface area (Å²) in [7, 11) is -8.05. The van der Waals surface area contributed by atoms with Gasteiger partial charge in [-0.1, -0.05) is 19.3 Å². The molecular weight excluding hydrogens is 324 g/mol. The van der Waals surface area contributed by atoms with Crippen molar-refractivity contribution in [3.63, 3.8) is 0 Å². The van der Waals surface area contributed by atoms with Gasteiger partial charge in [-0.3, -0.25) is 0 Å². The number of sulfonamides is 2. The molecule has 1 aliphatic rings. The lowest BCUT2D eigenvalue weighted by atomic mass is 9.81. The summed E-state index contributed by atoms with van der Waals surface area (Å²) < 4.78 is 47.6. The van der Waals surface area contributed by atoms with Crippen molar-refractivity contribution in [2.75, 3.05) is 0 Å². The van der Waals surface area contributed by atoms with Crippen LogP contribution in [0.4, 0.5) is 0 Å². The molecule has 0 saturated heterocycles. The Morgan fingerprint density at radius 1 is 0.955 bits per heavy atom. The fraction of sp³-hybridized carbons (Fsp3) is 0.571. The summed E-state index contributed by atoms with van der Waals surface area (Å²) in [6, 6.07) is 1.46. The average molecular weight is 346 g/mol. The molecule has 0 heterocycles. The molecule has 22 heavy (non-hydrogen) atoms. The van der Waals surface area contributed by atoms with Crippen molar-refractivity contribution in [1.82, 2.24) is 0 Å². The van der Waals surface area contributed by atoms with Gasteiger partial charge in [0.25, 0.3) is 0 Å². The molecule has 0 aromatic heterocycles. The SMILES string of the molecule is Cc1cc(S(N)(=O)=O)c(C)c(S(N)(=O)=O)c1C1CCCCC1. The second-order valence-corrected chi connectivity index (χ2v) is 9.01. The van der Waals surface area contributed by atoms with E-state index in [0.29, 0.717) is 11.1 Å². The van der Waals surface area contributed by atoms with E-state index in [1.165, 1.54) is 13.0 Å². The second kappa shape index (κ2) is 5.92. The van der Waals surface area contributed by atoms with Crippen molar-refractivity contribution in [2.45, 2.75) is 61.7 Å². The van der Waals surface area contributed by atoms with Crippen LogP contribution in [0.15, 0.2) is 15.9 Å². The molecule has 0 unspecified atom stereocenters. The van der Waals surface area contributed by atoms with E-state index >= 15 is 0 Å². The second-order valence-electron chi connectivity index (χ2n) is 5.98.